The Hall–Kier alpha value is -1.66. The first-order valence-electron chi connectivity index (χ1n) is 8.86. The standard InChI is InChI=1S/C18H24N4OS/c23-18(22-10-2-5-16(22)17-6-3-11-24-17)13-21-9-1-4-14(12-21)15-7-8-19-20-15/h3,6-8,11,14,16H,1-2,4-5,9-10,12-13H2,(H,19,20)/t14-,16+/m1/s1. The molecule has 6 heteroatoms. The van der Waals surface area contributed by atoms with Crippen LogP contribution in [-0.4, -0.2) is 52.1 Å². The number of hydrogen-bond acceptors (Lipinski definition) is 4. The number of nitrogens with zero attached hydrogens (tertiary/aromatic N) is 3. The van der Waals surface area contributed by atoms with Crippen molar-refractivity contribution in [1.29, 1.82) is 0 Å². The number of H-pyrrole nitrogens is 1. The number of hydrogen-bond donors (Lipinski definition) is 1. The van der Waals surface area contributed by atoms with Crippen LogP contribution in [0.4, 0.5) is 0 Å². The molecule has 0 saturated carbocycles. The van der Waals surface area contributed by atoms with Crippen LogP contribution in [0.5, 0.6) is 0 Å². The SMILES string of the molecule is O=C(CN1CCC[C@@H](c2ccn[nH]2)C1)N1CCC[C@H]1c1cccs1. The topological polar surface area (TPSA) is 52.2 Å². The molecular formula is C18H24N4OS. The molecule has 2 aromatic heterocycles. The monoisotopic (exact) mass is 344 g/mol. The van der Waals surface area contributed by atoms with Gasteiger partial charge in [0.25, 0.3) is 0 Å². The second kappa shape index (κ2) is 7.07. The highest BCUT2D eigenvalue weighted by Gasteiger charge is 2.32. The Labute approximate surface area is 146 Å². The van der Waals surface area contributed by atoms with Gasteiger partial charge in [0.05, 0.1) is 12.6 Å². The number of likely N-dealkylation sites (tertiary alicyclic amines) is 2. The average Bonchev–Trinajstić information content (AvgIpc) is 3.35. The molecule has 2 aromatic rings. The zero-order valence-electron chi connectivity index (χ0n) is 13.9. The van der Waals surface area contributed by atoms with Crippen LogP contribution in [0.3, 0.4) is 0 Å². The summed E-state index contributed by atoms with van der Waals surface area (Å²) in [6.07, 6.45) is 6.35. The fourth-order valence-electron chi connectivity index (χ4n) is 4.07. The molecule has 4 rings (SSSR count). The molecule has 0 unspecified atom stereocenters. The first kappa shape index (κ1) is 15.8. The van der Waals surface area contributed by atoms with E-state index in [-0.39, 0.29) is 5.91 Å². The van der Waals surface area contributed by atoms with Crippen LogP contribution < -0.4 is 0 Å². The van der Waals surface area contributed by atoms with E-state index in [9.17, 15) is 4.79 Å². The predicted molar refractivity (Wildman–Crippen MR) is 95.0 cm³/mol. The van der Waals surface area contributed by atoms with Gasteiger partial charge in [0.15, 0.2) is 0 Å². The Balaban J connectivity index is 1.38. The van der Waals surface area contributed by atoms with Gasteiger partial charge in [-0.05, 0) is 49.7 Å². The maximum Gasteiger partial charge on any atom is 0.237 e. The van der Waals surface area contributed by atoms with E-state index in [1.165, 1.54) is 17.0 Å². The summed E-state index contributed by atoms with van der Waals surface area (Å²) >= 11 is 1.77. The van der Waals surface area contributed by atoms with Gasteiger partial charge < -0.3 is 4.90 Å². The molecular weight excluding hydrogens is 320 g/mol. The van der Waals surface area contributed by atoms with E-state index < -0.39 is 0 Å². The summed E-state index contributed by atoms with van der Waals surface area (Å²) in [6.45, 7) is 3.42. The molecule has 0 spiro atoms. The summed E-state index contributed by atoms with van der Waals surface area (Å²) in [7, 11) is 0. The van der Waals surface area contributed by atoms with Gasteiger partial charge >= 0.3 is 0 Å². The second-order valence-electron chi connectivity index (χ2n) is 6.85. The summed E-state index contributed by atoms with van der Waals surface area (Å²) < 4.78 is 0. The Morgan fingerprint density at radius 2 is 2.21 bits per heavy atom. The Bertz CT molecular complexity index is 655. The van der Waals surface area contributed by atoms with Crippen LogP contribution in [0.1, 0.15) is 48.2 Å². The van der Waals surface area contributed by atoms with Crippen molar-refractivity contribution in [3.8, 4) is 0 Å². The van der Waals surface area contributed by atoms with Gasteiger partial charge in [0.2, 0.25) is 5.91 Å². The van der Waals surface area contributed by atoms with Crippen LogP contribution in [-0.2, 0) is 4.79 Å². The highest BCUT2D eigenvalue weighted by atomic mass is 32.1. The van der Waals surface area contributed by atoms with Gasteiger partial charge in [-0.25, -0.2) is 0 Å². The molecule has 1 N–H and O–H groups in total. The lowest BCUT2D eigenvalue weighted by Gasteiger charge is -2.33. The number of carbonyl (C=O) groups is 1. The molecule has 0 aromatic carbocycles. The predicted octanol–water partition coefficient (Wildman–Crippen LogP) is 3.01. The molecule has 2 aliphatic heterocycles. The van der Waals surface area contributed by atoms with Crippen LogP contribution in [0.25, 0.3) is 0 Å². The first-order valence-corrected chi connectivity index (χ1v) is 9.74. The molecule has 2 saturated heterocycles. The quantitative estimate of drug-likeness (QED) is 0.927. The minimum Gasteiger partial charge on any atom is -0.334 e. The number of aromatic nitrogens is 2. The maximum absolute atomic E-state index is 12.9. The normalized spacial score (nSPS) is 25.2. The van der Waals surface area contributed by atoms with Crippen LogP contribution in [0, 0.1) is 0 Å². The zero-order chi connectivity index (χ0) is 16.4. The van der Waals surface area contributed by atoms with Crippen molar-refractivity contribution < 1.29 is 4.79 Å². The van der Waals surface area contributed by atoms with E-state index in [1.54, 1.807) is 11.3 Å². The summed E-state index contributed by atoms with van der Waals surface area (Å²) in [5.41, 5.74) is 1.20. The van der Waals surface area contributed by atoms with E-state index in [0.29, 0.717) is 18.5 Å². The third-order valence-corrected chi connectivity index (χ3v) is 6.24. The number of rotatable bonds is 4. The number of thiophene rings is 1. The fraction of sp³-hybridized carbons (Fsp3) is 0.556. The lowest BCUT2D eigenvalue weighted by atomic mass is 9.95. The van der Waals surface area contributed by atoms with Crippen molar-refractivity contribution in [2.75, 3.05) is 26.2 Å². The van der Waals surface area contributed by atoms with Crippen molar-refractivity contribution in [3.63, 3.8) is 0 Å². The smallest absolute Gasteiger partial charge is 0.237 e. The van der Waals surface area contributed by atoms with E-state index in [0.717, 1.165) is 38.9 Å². The minimum absolute atomic E-state index is 0.288. The van der Waals surface area contributed by atoms with Gasteiger partial charge in [0, 0.05) is 35.8 Å². The van der Waals surface area contributed by atoms with Crippen LogP contribution >= 0.6 is 11.3 Å². The molecule has 128 valence electrons. The van der Waals surface area contributed by atoms with Gasteiger partial charge in [-0.3, -0.25) is 14.8 Å². The number of nitrogens with one attached hydrogen (secondary N) is 1. The fourth-order valence-corrected chi connectivity index (χ4v) is 4.94. The van der Waals surface area contributed by atoms with Gasteiger partial charge in [-0.1, -0.05) is 6.07 Å². The molecule has 0 radical (unpaired) electrons. The summed E-state index contributed by atoms with van der Waals surface area (Å²) in [6, 6.07) is 6.60. The summed E-state index contributed by atoms with van der Waals surface area (Å²) in [5, 5.41) is 9.27. The van der Waals surface area contributed by atoms with E-state index in [2.05, 4.69) is 43.6 Å². The molecule has 4 heterocycles. The maximum atomic E-state index is 12.9. The van der Waals surface area contributed by atoms with Crippen molar-refractivity contribution >= 4 is 17.2 Å². The lowest BCUT2D eigenvalue weighted by molar-refractivity contribution is -0.133. The van der Waals surface area contributed by atoms with Crippen molar-refractivity contribution in [2.24, 2.45) is 0 Å². The van der Waals surface area contributed by atoms with E-state index >= 15 is 0 Å². The number of amides is 1. The van der Waals surface area contributed by atoms with Crippen molar-refractivity contribution in [2.45, 2.75) is 37.6 Å². The molecule has 5 nitrogen and oxygen atoms in total. The number of carbonyl (C=O) groups excluding carboxylic acids is 1. The van der Waals surface area contributed by atoms with Gasteiger partial charge in [-0.2, -0.15) is 5.10 Å². The van der Waals surface area contributed by atoms with E-state index in [4.69, 9.17) is 0 Å². The Kier molecular flexibility index (Phi) is 4.67. The lowest BCUT2D eigenvalue weighted by Crippen LogP contribution is -2.43. The highest BCUT2D eigenvalue weighted by Crippen LogP contribution is 2.34. The van der Waals surface area contributed by atoms with Crippen LogP contribution in [0.15, 0.2) is 29.8 Å². The minimum atomic E-state index is 0.288. The summed E-state index contributed by atoms with van der Waals surface area (Å²) in [5.74, 6) is 0.761. The van der Waals surface area contributed by atoms with Gasteiger partial charge in [-0.15, -0.1) is 11.3 Å². The molecule has 0 aliphatic carbocycles. The first-order chi connectivity index (χ1) is 11.8. The van der Waals surface area contributed by atoms with Crippen molar-refractivity contribution in [3.05, 3.63) is 40.3 Å². The average molecular weight is 344 g/mol. The third-order valence-electron chi connectivity index (χ3n) is 5.27. The van der Waals surface area contributed by atoms with E-state index in [1.807, 2.05) is 6.20 Å². The van der Waals surface area contributed by atoms with Gasteiger partial charge in [0.1, 0.15) is 0 Å². The third kappa shape index (κ3) is 3.26. The molecule has 24 heavy (non-hydrogen) atoms. The number of piperidine rings is 1. The van der Waals surface area contributed by atoms with Crippen LogP contribution in [0.2, 0.25) is 0 Å². The largest absolute Gasteiger partial charge is 0.334 e. The Morgan fingerprint density at radius 3 is 3.00 bits per heavy atom. The number of aromatic amines is 1. The molecule has 2 atom stereocenters. The molecule has 0 bridgehead atoms. The summed E-state index contributed by atoms with van der Waals surface area (Å²) in [4.78, 5) is 18.6. The zero-order valence-corrected chi connectivity index (χ0v) is 14.7. The molecule has 1 amide bonds. The highest BCUT2D eigenvalue weighted by molar-refractivity contribution is 7.10. The molecule has 2 aliphatic rings. The second-order valence-corrected chi connectivity index (χ2v) is 7.83. The molecule has 2 fully saturated rings. The Morgan fingerprint density at radius 1 is 1.29 bits per heavy atom. The van der Waals surface area contributed by atoms with Crippen molar-refractivity contribution in [1.82, 2.24) is 20.0 Å².